The number of hydrogen-bond acceptors (Lipinski definition) is 5. The number of aromatic nitrogens is 2. The number of halogens is 2. The lowest BCUT2D eigenvalue weighted by atomic mass is 10.1. The molecule has 3 N–H and O–H groups in total. The highest BCUT2D eigenvalue weighted by atomic mass is 79.9. The SMILES string of the molecule is Cc1cc(Br)ccc1Nc1c(C(=O)NOCCO)cc2c(ncn2C)c1F. The average molecular weight is 437 g/mol. The standard InChI is InChI=1S/C18H18BrFN4O3/c1-10-7-11(19)3-4-13(10)22-16-12(18(26)23-27-6-5-25)8-14-17(15(16)20)21-9-24(14)2/h3-4,7-9,22,25H,5-6H2,1-2H3,(H,23,26). The maximum Gasteiger partial charge on any atom is 0.277 e. The van der Waals surface area contributed by atoms with Crippen LogP contribution in [0.4, 0.5) is 15.8 Å². The van der Waals surface area contributed by atoms with Gasteiger partial charge in [0, 0.05) is 17.2 Å². The normalized spacial score (nSPS) is 11.0. The van der Waals surface area contributed by atoms with Crippen molar-refractivity contribution in [2.75, 3.05) is 18.5 Å². The summed E-state index contributed by atoms with van der Waals surface area (Å²) >= 11 is 3.39. The molecule has 7 nitrogen and oxygen atoms in total. The van der Waals surface area contributed by atoms with Crippen LogP contribution in [0.25, 0.3) is 11.0 Å². The van der Waals surface area contributed by atoms with Gasteiger partial charge in [0.1, 0.15) is 5.52 Å². The zero-order chi connectivity index (χ0) is 19.6. The average Bonchev–Trinajstić information content (AvgIpc) is 3.00. The summed E-state index contributed by atoms with van der Waals surface area (Å²) in [4.78, 5) is 21.5. The van der Waals surface area contributed by atoms with E-state index in [9.17, 15) is 4.79 Å². The van der Waals surface area contributed by atoms with Gasteiger partial charge in [-0.15, -0.1) is 0 Å². The monoisotopic (exact) mass is 436 g/mol. The first kappa shape index (κ1) is 19.3. The third-order valence-electron chi connectivity index (χ3n) is 4.01. The summed E-state index contributed by atoms with van der Waals surface area (Å²) in [6.07, 6.45) is 1.48. The van der Waals surface area contributed by atoms with E-state index in [4.69, 9.17) is 9.94 Å². The first-order valence-electron chi connectivity index (χ1n) is 8.12. The molecular formula is C18H18BrFN4O3. The molecule has 0 unspecified atom stereocenters. The van der Waals surface area contributed by atoms with Gasteiger partial charge in [-0.25, -0.2) is 14.9 Å². The maximum absolute atomic E-state index is 15.2. The highest BCUT2D eigenvalue weighted by molar-refractivity contribution is 9.10. The second-order valence-corrected chi connectivity index (χ2v) is 6.84. The number of hydrogen-bond donors (Lipinski definition) is 3. The molecule has 0 aliphatic rings. The summed E-state index contributed by atoms with van der Waals surface area (Å²) in [5, 5.41) is 11.8. The number of aliphatic hydroxyl groups is 1. The van der Waals surface area contributed by atoms with Crippen molar-refractivity contribution in [3.63, 3.8) is 0 Å². The van der Waals surface area contributed by atoms with Crippen molar-refractivity contribution >= 4 is 44.2 Å². The zero-order valence-corrected chi connectivity index (χ0v) is 16.3. The second-order valence-electron chi connectivity index (χ2n) is 5.92. The number of aliphatic hydroxyl groups excluding tert-OH is 1. The Balaban J connectivity index is 2.09. The van der Waals surface area contributed by atoms with Crippen molar-refractivity contribution < 1.29 is 19.1 Å². The molecule has 1 aromatic heterocycles. The van der Waals surface area contributed by atoms with Gasteiger partial charge in [-0.3, -0.25) is 9.63 Å². The summed E-state index contributed by atoms with van der Waals surface area (Å²) in [6.45, 7) is 1.55. The molecule has 0 spiro atoms. The van der Waals surface area contributed by atoms with Gasteiger partial charge in [-0.2, -0.15) is 0 Å². The minimum absolute atomic E-state index is 0.00304. The third kappa shape index (κ3) is 3.95. The van der Waals surface area contributed by atoms with E-state index in [0.29, 0.717) is 11.2 Å². The molecule has 3 rings (SSSR count). The van der Waals surface area contributed by atoms with E-state index >= 15 is 4.39 Å². The molecule has 1 heterocycles. The third-order valence-corrected chi connectivity index (χ3v) is 4.50. The number of rotatable bonds is 6. The number of amides is 1. The number of anilines is 2. The van der Waals surface area contributed by atoms with Gasteiger partial charge in [0.25, 0.3) is 5.91 Å². The minimum Gasteiger partial charge on any atom is -0.394 e. The Morgan fingerprint density at radius 1 is 1.41 bits per heavy atom. The number of carbonyl (C=O) groups excluding carboxylic acids is 1. The summed E-state index contributed by atoms with van der Waals surface area (Å²) in [5.41, 5.74) is 4.41. The smallest absolute Gasteiger partial charge is 0.277 e. The quantitative estimate of drug-likeness (QED) is 0.407. The molecule has 0 radical (unpaired) electrons. The summed E-state index contributed by atoms with van der Waals surface area (Å²) in [6, 6.07) is 7.02. The van der Waals surface area contributed by atoms with Crippen LogP contribution in [-0.2, 0) is 11.9 Å². The Labute approximate surface area is 163 Å². The van der Waals surface area contributed by atoms with Crippen molar-refractivity contribution in [2.24, 2.45) is 7.05 Å². The fourth-order valence-electron chi connectivity index (χ4n) is 2.65. The molecule has 1 amide bonds. The lowest BCUT2D eigenvalue weighted by Crippen LogP contribution is -2.26. The summed E-state index contributed by atoms with van der Waals surface area (Å²) in [7, 11) is 1.71. The molecule has 2 aromatic carbocycles. The predicted octanol–water partition coefficient (Wildman–Crippen LogP) is 3.18. The van der Waals surface area contributed by atoms with Crippen molar-refractivity contribution in [1.82, 2.24) is 15.0 Å². The van der Waals surface area contributed by atoms with Gasteiger partial charge < -0.3 is 15.0 Å². The second kappa shape index (κ2) is 8.03. The van der Waals surface area contributed by atoms with Crippen LogP contribution in [0.5, 0.6) is 0 Å². The Morgan fingerprint density at radius 2 is 2.19 bits per heavy atom. The zero-order valence-electron chi connectivity index (χ0n) is 14.7. The van der Waals surface area contributed by atoms with Crippen molar-refractivity contribution in [3.8, 4) is 0 Å². The Kier molecular flexibility index (Phi) is 5.73. The molecule has 3 aromatic rings. The molecule has 0 aliphatic heterocycles. The van der Waals surface area contributed by atoms with Gasteiger partial charge in [0.2, 0.25) is 0 Å². The van der Waals surface area contributed by atoms with Crippen LogP contribution >= 0.6 is 15.9 Å². The number of imidazole rings is 1. The van der Waals surface area contributed by atoms with Crippen LogP contribution in [0.3, 0.4) is 0 Å². The number of nitrogens with zero attached hydrogens (tertiary/aromatic N) is 2. The lowest BCUT2D eigenvalue weighted by Gasteiger charge is -2.16. The van der Waals surface area contributed by atoms with Gasteiger partial charge >= 0.3 is 0 Å². The minimum atomic E-state index is -0.636. The topological polar surface area (TPSA) is 88.4 Å². The molecule has 0 aliphatic carbocycles. The summed E-state index contributed by atoms with van der Waals surface area (Å²) < 4.78 is 17.7. The molecule has 0 bridgehead atoms. The van der Waals surface area contributed by atoms with E-state index in [0.717, 1.165) is 10.0 Å². The van der Waals surface area contributed by atoms with Crippen LogP contribution in [0.1, 0.15) is 15.9 Å². The number of fused-ring (bicyclic) bond motifs is 1. The molecular weight excluding hydrogens is 419 g/mol. The van der Waals surface area contributed by atoms with Crippen molar-refractivity contribution in [3.05, 3.63) is 52.0 Å². The number of nitrogens with one attached hydrogen (secondary N) is 2. The van der Waals surface area contributed by atoms with Crippen LogP contribution in [0, 0.1) is 12.7 Å². The first-order chi connectivity index (χ1) is 12.9. The van der Waals surface area contributed by atoms with E-state index in [1.807, 2.05) is 19.1 Å². The van der Waals surface area contributed by atoms with Crippen LogP contribution < -0.4 is 10.8 Å². The van der Waals surface area contributed by atoms with E-state index in [1.165, 1.54) is 6.33 Å². The number of hydroxylamine groups is 1. The largest absolute Gasteiger partial charge is 0.394 e. The van der Waals surface area contributed by atoms with Crippen LogP contribution in [0.2, 0.25) is 0 Å². The van der Waals surface area contributed by atoms with Crippen molar-refractivity contribution in [1.29, 1.82) is 0 Å². The molecule has 0 fully saturated rings. The van der Waals surface area contributed by atoms with Crippen LogP contribution in [0.15, 0.2) is 35.1 Å². The Bertz CT molecular complexity index is 1010. The number of benzene rings is 2. The van der Waals surface area contributed by atoms with Gasteiger partial charge in [-0.05, 0) is 36.8 Å². The molecule has 9 heteroatoms. The van der Waals surface area contributed by atoms with Crippen molar-refractivity contribution in [2.45, 2.75) is 6.92 Å². The summed E-state index contributed by atoms with van der Waals surface area (Å²) in [5.74, 6) is -1.27. The first-order valence-corrected chi connectivity index (χ1v) is 8.91. The molecule has 0 saturated heterocycles. The van der Waals surface area contributed by atoms with E-state index in [-0.39, 0.29) is 30.0 Å². The van der Waals surface area contributed by atoms with Crippen LogP contribution in [-0.4, -0.2) is 33.8 Å². The van der Waals surface area contributed by atoms with Gasteiger partial charge in [0.05, 0.1) is 36.3 Å². The van der Waals surface area contributed by atoms with E-state index < -0.39 is 11.7 Å². The predicted molar refractivity (Wildman–Crippen MR) is 103 cm³/mol. The lowest BCUT2D eigenvalue weighted by molar-refractivity contribution is 0.0169. The molecule has 0 atom stereocenters. The Hall–Kier alpha value is -2.49. The fourth-order valence-corrected chi connectivity index (χ4v) is 3.12. The van der Waals surface area contributed by atoms with Gasteiger partial charge in [-0.1, -0.05) is 15.9 Å². The van der Waals surface area contributed by atoms with E-state index in [1.54, 1.807) is 23.7 Å². The fraction of sp³-hybridized carbons (Fsp3) is 0.222. The van der Waals surface area contributed by atoms with E-state index in [2.05, 4.69) is 31.7 Å². The number of carbonyl (C=O) groups is 1. The maximum atomic E-state index is 15.2. The highest BCUT2D eigenvalue weighted by Crippen LogP contribution is 2.32. The number of aryl methyl sites for hydroxylation is 2. The molecule has 142 valence electrons. The molecule has 0 saturated carbocycles. The highest BCUT2D eigenvalue weighted by Gasteiger charge is 2.22. The Morgan fingerprint density at radius 3 is 2.89 bits per heavy atom. The van der Waals surface area contributed by atoms with Gasteiger partial charge in [0.15, 0.2) is 5.82 Å². The molecule has 27 heavy (non-hydrogen) atoms.